The van der Waals surface area contributed by atoms with Crippen molar-refractivity contribution in [3.63, 3.8) is 0 Å². The van der Waals surface area contributed by atoms with Crippen LogP contribution < -0.4 is 9.08 Å². The molecule has 0 radical (unpaired) electrons. The van der Waals surface area contributed by atoms with E-state index in [0.29, 0.717) is 17.7 Å². The third-order valence-corrected chi connectivity index (χ3v) is 6.98. The van der Waals surface area contributed by atoms with Crippen LogP contribution in [0.25, 0.3) is 0 Å². The van der Waals surface area contributed by atoms with Crippen LogP contribution in [0.3, 0.4) is 0 Å². The summed E-state index contributed by atoms with van der Waals surface area (Å²) in [5.74, 6) is -0.808. The molecular weight excluding hydrogens is 442 g/mol. The molecule has 0 N–H and O–H groups in total. The van der Waals surface area contributed by atoms with Crippen LogP contribution in [0.15, 0.2) is 71.6 Å². The number of ether oxygens (including phenoxy) is 1. The van der Waals surface area contributed by atoms with Gasteiger partial charge in [0.25, 0.3) is 5.91 Å². The van der Waals surface area contributed by atoms with Crippen molar-refractivity contribution in [3.8, 4) is 5.75 Å². The highest BCUT2D eigenvalue weighted by atomic mass is 32.2. The van der Waals surface area contributed by atoms with Gasteiger partial charge in [-0.2, -0.15) is 8.42 Å². The first-order valence-corrected chi connectivity index (χ1v) is 11.7. The first-order valence-electron chi connectivity index (χ1n) is 10.3. The van der Waals surface area contributed by atoms with Gasteiger partial charge in [0.1, 0.15) is 16.7 Å². The summed E-state index contributed by atoms with van der Waals surface area (Å²) in [6, 6.07) is 17.4. The molecule has 7 nitrogen and oxygen atoms in total. The third-order valence-electron chi connectivity index (χ3n) is 5.59. The minimum Gasteiger partial charge on any atom is -0.467 e. The van der Waals surface area contributed by atoms with Crippen molar-refractivity contribution in [2.45, 2.75) is 31.2 Å². The number of carbonyl (C=O) groups is 2. The molecule has 3 aromatic carbocycles. The average Bonchev–Trinajstić information content (AvgIpc) is 3.19. The monoisotopic (exact) mass is 465 g/mol. The van der Waals surface area contributed by atoms with Gasteiger partial charge in [0.05, 0.1) is 7.11 Å². The maximum atomic E-state index is 13.3. The van der Waals surface area contributed by atoms with E-state index in [1.807, 2.05) is 18.2 Å². The van der Waals surface area contributed by atoms with Crippen molar-refractivity contribution in [2.75, 3.05) is 12.0 Å². The van der Waals surface area contributed by atoms with E-state index in [1.54, 1.807) is 38.1 Å². The number of fused-ring (bicyclic) bond motifs is 1. The molecule has 0 bridgehead atoms. The summed E-state index contributed by atoms with van der Waals surface area (Å²) >= 11 is 0. The van der Waals surface area contributed by atoms with E-state index in [9.17, 15) is 18.0 Å². The second kappa shape index (κ2) is 8.71. The quantitative estimate of drug-likeness (QED) is 0.420. The number of esters is 1. The number of aryl methyl sites for hydroxylation is 2. The van der Waals surface area contributed by atoms with E-state index >= 15 is 0 Å². The number of rotatable bonds is 5. The molecule has 1 unspecified atom stereocenters. The molecule has 8 heteroatoms. The van der Waals surface area contributed by atoms with Crippen LogP contribution in [0.1, 0.15) is 27.0 Å². The Hall–Kier alpha value is -3.65. The molecule has 1 aliphatic heterocycles. The van der Waals surface area contributed by atoms with Crippen molar-refractivity contribution < 1.29 is 26.9 Å². The number of hydrogen-bond donors (Lipinski definition) is 0. The van der Waals surface area contributed by atoms with Gasteiger partial charge in [-0.1, -0.05) is 30.3 Å². The van der Waals surface area contributed by atoms with Crippen LogP contribution in [0, 0.1) is 13.8 Å². The van der Waals surface area contributed by atoms with E-state index in [4.69, 9.17) is 8.92 Å². The summed E-state index contributed by atoms with van der Waals surface area (Å²) in [6.07, 6.45) is 0.365. The lowest BCUT2D eigenvalue weighted by Gasteiger charge is -2.24. The Morgan fingerprint density at radius 1 is 0.970 bits per heavy atom. The first-order chi connectivity index (χ1) is 15.7. The second-order valence-electron chi connectivity index (χ2n) is 7.88. The smallest absolute Gasteiger partial charge is 0.339 e. The van der Waals surface area contributed by atoms with Crippen LogP contribution in [-0.4, -0.2) is 33.4 Å². The van der Waals surface area contributed by atoms with Crippen molar-refractivity contribution in [1.29, 1.82) is 0 Å². The van der Waals surface area contributed by atoms with Crippen LogP contribution in [0.4, 0.5) is 5.69 Å². The molecule has 4 rings (SSSR count). The predicted molar refractivity (Wildman–Crippen MR) is 123 cm³/mol. The van der Waals surface area contributed by atoms with Crippen molar-refractivity contribution in [2.24, 2.45) is 0 Å². The third kappa shape index (κ3) is 4.34. The summed E-state index contributed by atoms with van der Waals surface area (Å²) in [4.78, 5) is 27.1. The molecule has 170 valence electrons. The molecule has 33 heavy (non-hydrogen) atoms. The van der Waals surface area contributed by atoms with Gasteiger partial charge in [0.15, 0.2) is 0 Å². The molecule has 0 fully saturated rings. The molecule has 1 atom stereocenters. The summed E-state index contributed by atoms with van der Waals surface area (Å²) < 4.78 is 35.7. The number of methoxy groups -OCH3 is 1. The van der Waals surface area contributed by atoms with Crippen molar-refractivity contribution in [3.05, 3.63) is 89.0 Å². The minimum absolute atomic E-state index is 0.0822. The Morgan fingerprint density at radius 3 is 2.36 bits per heavy atom. The van der Waals surface area contributed by atoms with Gasteiger partial charge in [-0.3, -0.25) is 9.69 Å². The van der Waals surface area contributed by atoms with E-state index in [1.165, 1.54) is 36.3 Å². The fourth-order valence-corrected chi connectivity index (χ4v) is 5.15. The average molecular weight is 466 g/mol. The summed E-state index contributed by atoms with van der Waals surface area (Å²) in [5.41, 5.74) is 3.19. The highest BCUT2D eigenvalue weighted by Crippen LogP contribution is 2.34. The van der Waals surface area contributed by atoms with Gasteiger partial charge in [-0.05, 0) is 66.9 Å². The summed E-state index contributed by atoms with van der Waals surface area (Å²) in [6.45, 7) is 3.50. The first kappa shape index (κ1) is 22.5. The normalized spacial score (nSPS) is 15.1. The fraction of sp³-hybridized carbons (Fsp3) is 0.200. The number of anilines is 1. The molecule has 1 amide bonds. The van der Waals surface area contributed by atoms with Gasteiger partial charge in [-0.15, -0.1) is 0 Å². The van der Waals surface area contributed by atoms with Crippen LogP contribution in [-0.2, 0) is 26.1 Å². The zero-order chi connectivity index (χ0) is 23.8. The van der Waals surface area contributed by atoms with Gasteiger partial charge in [0.2, 0.25) is 0 Å². The zero-order valence-corrected chi connectivity index (χ0v) is 19.3. The van der Waals surface area contributed by atoms with Crippen molar-refractivity contribution in [1.82, 2.24) is 0 Å². The Labute approximate surface area is 192 Å². The number of amides is 1. The van der Waals surface area contributed by atoms with E-state index in [-0.39, 0.29) is 22.1 Å². The van der Waals surface area contributed by atoms with Gasteiger partial charge >= 0.3 is 16.1 Å². The second-order valence-corrected chi connectivity index (χ2v) is 9.39. The molecule has 0 saturated carbocycles. The highest BCUT2D eigenvalue weighted by Gasteiger charge is 2.39. The topological polar surface area (TPSA) is 90.0 Å². The minimum atomic E-state index is -4.04. The maximum absolute atomic E-state index is 13.3. The lowest BCUT2D eigenvalue weighted by atomic mass is 10.1. The Kier molecular flexibility index (Phi) is 5.95. The zero-order valence-electron chi connectivity index (χ0n) is 18.4. The fourth-order valence-electron chi connectivity index (χ4n) is 3.90. The molecule has 1 heterocycles. The molecular formula is C25H23NO6S. The van der Waals surface area contributed by atoms with Gasteiger partial charge in [0, 0.05) is 17.7 Å². The lowest BCUT2D eigenvalue weighted by Crippen LogP contribution is -2.43. The Balaban J connectivity index is 1.59. The maximum Gasteiger partial charge on any atom is 0.339 e. The largest absolute Gasteiger partial charge is 0.467 e. The van der Waals surface area contributed by atoms with Gasteiger partial charge < -0.3 is 8.92 Å². The highest BCUT2D eigenvalue weighted by molar-refractivity contribution is 7.87. The molecule has 0 aliphatic carbocycles. The Bertz CT molecular complexity index is 1330. The molecule has 1 aliphatic rings. The standard InChI is InChI=1S/C25H23NO6S/c1-16-8-9-17(2)23(14-16)33(29,30)32-20-12-10-18(11-13-20)24(27)26-21-7-5-4-6-19(21)15-22(26)25(28)31-3/h4-14,22H,15H2,1-3H3. The number of carbonyl (C=O) groups excluding carboxylic acids is 2. The predicted octanol–water partition coefficient (Wildman–Crippen LogP) is 3.82. The number of hydrogen-bond acceptors (Lipinski definition) is 6. The molecule has 3 aromatic rings. The van der Waals surface area contributed by atoms with Crippen LogP contribution in [0.5, 0.6) is 5.75 Å². The Morgan fingerprint density at radius 2 is 1.67 bits per heavy atom. The van der Waals surface area contributed by atoms with Crippen LogP contribution in [0.2, 0.25) is 0 Å². The number of benzene rings is 3. The van der Waals surface area contributed by atoms with E-state index in [2.05, 4.69) is 0 Å². The molecule has 0 saturated heterocycles. The summed E-state index contributed by atoms with van der Waals surface area (Å²) in [7, 11) is -2.75. The SMILES string of the molecule is COC(=O)C1Cc2ccccc2N1C(=O)c1ccc(OS(=O)(=O)c2cc(C)ccc2C)cc1. The van der Waals surface area contributed by atoms with E-state index < -0.39 is 22.1 Å². The van der Waals surface area contributed by atoms with Crippen molar-refractivity contribution >= 4 is 27.7 Å². The molecule has 0 aromatic heterocycles. The number of para-hydroxylation sites is 1. The van der Waals surface area contributed by atoms with E-state index in [0.717, 1.165) is 11.1 Å². The van der Waals surface area contributed by atoms with Crippen LogP contribution >= 0.6 is 0 Å². The lowest BCUT2D eigenvalue weighted by molar-refractivity contribution is -0.141. The summed E-state index contributed by atoms with van der Waals surface area (Å²) in [5, 5.41) is 0. The van der Waals surface area contributed by atoms with Gasteiger partial charge in [-0.25, -0.2) is 4.79 Å². The molecule has 0 spiro atoms. The number of nitrogens with zero attached hydrogens (tertiary/aromatic N) is 1.